The van der Waals surface area contributed by atoms with Crippen molar-refractivity contribution in [1.82, 2.24) is 9.97 Å². The van der Waals surface area contributed by atoms with Crippen molar-refractivity contribution in [3.8, 4) is 0 Å². The number of aromatic nitrogens is 2. The Morgan fingerprint density at radius 3 is 2.68 bits per heavy atom. The van der Waals surface area contributed by atoms with Crippen molar-refractivity contribution in [1.29, 1.82) is 0 Å². The van der Waals surface area contributed by atoms with E-state index in [1.807, 2.05) is 6.92 Å². The van der Waals surface area contributed by atoms with Crippen molar-refractivity contribution < 1.29 is 4.39 Å². The fourth-order valence-corrected chi connectivity index (χ4v) is 2.44. The molecule has 1 aliphatic carbocycles. The second-order valence-corrected chi connectivity index (χ2v) is 5.53. The van der Waals surface area contributed by atoms with Crippen molar-refractivity contribution in [2.75, 3.05) is 5.32 Å². The number of anilines is 1. The Morgan fingerprint density at radius 2 is 2.05 bits per heavy atom. The van der Waals surface area contributed by atoms with Gasteiger partial charge < -0.3 is 5.32 Å². The van der Waals surface area contributed by atoms with Crippen LogP contribution in [0.1, 0.15) is 31.9 Å². The Kier molecular flexibility index (Phi) is 2.73. The van der Waals surface area contributed by atoms with Gasteiger partial charge in [-0.1, -0.05) is 0 Å². The van der Waals surface area contributed by atoms with E-state index in [1.165, 1.54) is 12.5 Å². The molecule has 19 heavy (non-hydrogen) atoms. The van der Waals surface area contributed by atoms with E-state index in [0.717, 1.165) is 18.5 Å². The van der Waals surface area contributed by atoms with E-state index in [0.29, 0.717) is 16.9 Å². The van der Waals surface area contributed by atoms with Crippen molar-refractivity contribution in [3.05, 3.63) is 23.6 Å². The molecule has 1 aromatic carbocycles. The van der Waals surface area contributed by atoms with Crippen LogP contribution in [-0.2, 0) is 0 Å². The fraction of sp³-hybridized carbons (Fsp3) is 0.429. The minimum Gasteiger partial charge on any atom is -0.363 e. The lowest BCUT2D eigenvalue weighted by atomic mass is 9.78. The lowest BCUT2D eigenvalue weighted by molar-refractivity contribution is 0.305. The summed E-state index contributed by atoms with van der Waals surface area (Å²) < 4.78 is 13.5. The zero-order valence-corrected chi connectivity index (χ0v) is 11.1. The SMILES string of the molecule is [B]c1c(F)ccc2nc(C)c(NC3(C)CCC3)nc12. The molecule has 2 radical (unpaired) electrons. The van der Waals surface area contributed by atoms with Crippen molar-refractivity contribution >= 4 is 30.2 Å². The number of aryl methyl sites for hydroxylation is 1. The normalized spacial score (nSPS) is 17.2. The highest BCUT2D eigenvalue weighted by Crippen LogP contribution is 2.34. The molecule has 0 bridgehead atoms. The third-order valence-corrected chi connectivity index (χ3v) is 3.87. The van der Waals surface area contributed by atoms with Gasteiger partial charge in [-0.15, -0.1) is 0 Å². The number of halogens is 1. The Bertz CT molecular complexity index is 653. The maximum atomic E-state index is 13.5. The third kappa shape index (κ3) is 2.07. The summed E-state index contributed by atoms with van der Waals surface area (Å²) in [5.74, 6) is 0.249. The first-order valence-corrected chi connectivity index (χ1v) is 6.49. The van der Waals surface area contributed by atoms with Gasteiger partial charge in [0.1, 0.15) is 19.5 Å². The van der Waals surface area contributed by atoms with Gasteiger partial charge in [0.05, 0.1) is 16.7 Å². The third-order valence-electron chi connectivity index (χ3n) is 3.87. The Balaban J connectivity index is 2.09. The van der Waals surface area contributed by atoms with Crippen LogP contribution in [0.5, 0.6) is 0 Å². The number of nitrogens with one attached hydrogen (secondary N) is 1. The molecule has 3 rings (SSSR count). The van der Waals surface area contributed by atoms with Crippen molar-refractivity contribution in [2.45, 2.75) is 38.6 Å². The highest BCUT2D eigenvalue weighted by molar-refractivity contribution is 6.38. The summed E-state index contributed by atoms with van der Waals surface area (Å²) in [4.78, 5) is 8.91. The average Bonchev–Trinajstić information content (AvgIpc) is 2.34. The van der Waals surface area contributed by atoms with Gasteiger partial charge in [0.25, 0.3) is 0 Å². The smallest absolute Gasteiger partial charge is 0.148 e. The van der Waals surface area contributed by atoms with E-state index in [1.54, 1.807) is 6.07 Å². The number of hydrogen-bond donors (Lipinski definition) is 1. The van der Waals surface area contributed by atoms with Gasteiger partial charge in [-0.05, 0) is 50.7 Å². The van der Waals surface area contributed by atoms with Gasteiger partial charge in [0, 0.05) is 5.54 Å². The molecule has 3 nitrogen and oxygen atoms in total. The highest BCUT2D eigenvalue weighted by atomic mass is 19.1. The average molecular weight is 255 g/mol. The lowest BCUT2D eigenvalue weighted by Gasteiger charge is -2.39. The monoisotopic (exact) mass is 255 g/mol. The second-order valence-electron chi connectivity index (χ2n) is 5.53. The van der Waals surface area contributed by atoms with E-state index >= 15 is 0 Å². The highest BCUT2D eigenvalue weighted by Gasteiger charge is 2.32. The quantitative estimate of drug-likeness (QED) is 0.836. The molecule has 5 heteroatoms. The van der Waals surface area contributed by atoms with E-state index in [9.17, 15) is 4.39 Å². The molecule has 1 N–H and O–H groups in total. The predicted octanol–water partition coefficient (Wildman–Crippen LogP) is 2.23. The molecule has 0 aliphatic heterocycles. The summed E-state index contributed by atoms with van der Waals surface area (Å²) in [5.41, 5.74) is 2.00. The zero-order chi connectivity index (χ0) is 13.6. The van der Waals surface area contributed by atoms with E-state index in [4.69, 9.17) is 7.85 Å². The molecule has 1 aliphatic rings. The minimum atomic E-state index is -0.452. The van der Waals surface area contributed by atoms with Crippen LogP contribution in [0.4, 0.5) is 10.2 Å². The summed E-state index contributed by atoms with van der Waals surface area (Å²) >= 11 is 0. The molecule has 1 saturated carbocycles. The molecule has 1 fully saturated rings. The van der Waals surface area contributed by atoms with Crippen LogP contribution in [0, 0.1) is 12.7 Å². The molecule has 0 atom stereocenters. The van der Waals surface area contributed by atoms with Crippen LogP contribution >= 0.6 is 0 Å². The first kappa shape index (κ1) is 12.4. The van der Waals surface area contributed by atoms with Gasteiger partial charge in [0.15, 0.2) is 0 Å². The van der Waals surface area contributed by atoms with Gasteiger partial charge in [-0.25, -0.2) is 14.4 Å². The van der Waals surface area contributed by atoms with E-state index in [2.05, 4.69) is 22.2 Å². The van der Waals surface area contributed by atoms with Gasteiger partial charge in [-0.2, -0.15) is 0 Å². The Morgan fingerprint density at radius 1 is 1.32 bits per heavy atom. The summed E-state index contributed by atoms with van der Waals surface area (Å²) in [5, 5.41) is 3.41. The number of nitrogens with zero attached hydrogens (tertiary/aromatic N) is 2. The molecule has 1 heterocycles. The van der Waals surface area contributed by atoms with Crippen molar-refractivity contribution in [2.24, 2.45) is 0 Å². The summed E-state index contributed by atoms with van der Waals surface area (Å²) in [7, 11) is 5.74. The molecule has 0 spiro atoms. The largest absolute Gasteiger partial charge is 0.363 e. The van der Waals surface area contributed by atoms with Crippen LogP contribution in [0.15, 0.2) is 12.1 Å². The second kappa shape index (κ2) is 4.18. The number of hydrogen-bond acceptors (Lipinski definition) is 3. The Hall–Kier alpha value is -1.65. The molecular weight excluding hydrogens is 240 g/mol. The van der Waals surface area contributed by atoms with Crippen LogP contribution in [0.25, 0.3) is 11.0 Å². The molecule has 1 aromatic heterocycles. The standard InChI is InChI=1S/C14H15BFN3/c1-8-13(19-14(2)6-3-7-14)18-12-10(17-8)5-4-9(16)11(12)15/h4-5H,3,6-7H2,1-2H3,(H,18,19). The van der Waals surface area contributed by atoms with Gasteiger partial charge >= 0.3 is 0 Å². The minimum absolute atomic E-state index is 0.0619. The van der Waals surface area contributed by atoms with Crippen LogP contribution in [-0.4, -0.2) is 23.4 Å². The van der Waals surface area contributed by atoms with Gasteiger partial charge in [-0.3, -0.25) is 0 Å². The summed E-state index contributed by atoms with van der Waals surface area (Å²) in [6, 6.07) is 2.93. The van der Waals surface area contributed by atoms with Crippen LogP contribution in [0.2, 0.25) is 0 Å². The lowest BCUT2D eigenvalue weighted by Crippen LogP contribution is -2.42. The summed E-state index contributed by atoms with van der Waals surface area (Å²) in [6.45, 7) is 4.06. The molecule has 0 amide bonds. The number of fused-ring (bicyclic) bond motifs is 1. The molecular formula is C14H15BFN3. The Labute approximate surface area is 113 Å². The van der Waals surface area contributed by atoms with Crippen molar-refractivity contribution in [3.63, 3.8) is 0 Å². The topological polar surface area (TPSA) is 37.8 Å². The molecule has 0 saturated heterocycles. The van der Waals surface area contributed by atoms with E-state index in [-0.39, 0.29) is 11.0 Å². The molecule has 0 unspecified atom stereocenters. The zero-order valence-electron chi connectivity index (χ0n) is 11.1. The number of rotatable bonds is 2. The van der Waals surface area contributed by atoms with E-state index < -0.39 is 5.82 Å². The summed E-state index contributed by atoms with van der Waals surface area (Å²) in [6.07, 6.45) is 3.45. The van der Waals surface area contributed by atoms with Gasteiger partial charge in [0.2, 0.25) is 0 Å². The first-order valence-electron chi connectivity index (χ1n) is 6.49. The number of benzene rings is 1. The predicted molar refractivity (Wildman–Crippen MR) is 75.5 cm³/mol. The molecule has 2 aromatic rings. The maximum Gasteiger partial charge on any atom is 0.148 e. The first-order chi connectivity index (χ1) is 8.98. The fourth-order valence-electron chi connectivity index (χ4n) is 2.44. The van der Waals surface area contributed by atoms with Crippen LogP contribution in [0.3, 0.4) is 0 Å². The molecule has 96 valence electrons. The maximum absolute atomic E-state index is 13.5. The van der Waals surface area contributed by atoms with Crippen LogP contribution < -0.4 is 10.8 Å².